The Hall–Kier alpha value is -2.60. The van der Waals surface area contributed by atoms with Crippen LogP contribution in [0.1, 0.15) is 47.2 Å². The molecule has 0 aliphatic rings. The molecule has 0 aliphatic carbocycles. The lowest BCUT2D eigenvalue weighted by atomic mass is 10.1. The van der Waals surface area contributed by atoms with Crippen LogP contribution in [0.5, 0.6) is 0 Å². The summed E-state index contributed by atoms with van der Waals surface area (Å²) in [5.41, 5.74) is 4.28. The first kappa shape index (κ1) is 21.4. The summed E-state index contributed by atoms with van der Waals surface area (Å²) in [5, 5.41) is 36.9. The van der Waals surface area contributed by atoms with Gasteiger partial charge < -0.3 is 20.4 Å². The molecular formula is C22H24O4. The summed E-state index contributed by atoms with van der Waals surface area (Å²) in [4.78, 5) is 0. The number of aliphatic hydroxyl groups is 4. The van der Waals surface area contributed by atoms with E-state index in [4.69, 9.17) is 0 Å². The van der Waals surface area contributed by atoms with Crippen molar-refractivity contribution in [1.82, 2.24) is 0 Å². The van der Waals surface area contributed by atoms with Gasteiger partial charge >= 0.3 is 0 Å². The fraction of sp³-hybridized carbons (Fsp3) is 0.273. The van der Waals surface area contributed by atoms with E-state index in [2.05, 4.69) is 23.7 Å². The van der Waals surface area contributed by atoms with Crippen LogP contribution >= 0.6 is 0 Å². The molecule has 136 valence electrons. The van der Waals surface area contributed by atoms with Gasteiger partial charge in [-0.2, -0.15) is 0 Å². The standard InChI is InChI=1S/C21H20O4.CH4/c22-12-18-6-16(7-19(10-18)13-23)4-2-1-3-5-17-8-20(14-24)11-21(9-17)15-25;/h6-11,22-25H,1,12-15H2;1H4. The zero-order valence-electron chi connectivity index (χ0n) is 13.8. The molecule has 0 aliphatic heterocycles. The van der Waals surface area contributed by atoms with Crippen LogP contribution < -0.4 is 0 Å². The molecule has 0 saturated carbocycles. The molecule has 26 heavy (non-hydrogen) atoms. The van der Waals surface area contributed by atoms with Gasteiger partial charge in [-0.15, -0.1) is 0 Å². The van der Waals surface area contributed by atoms with Gasteiger partial charge in [-0.1, -0.05) is 43.2 Å². The van der Waals surface area contributed by atoms with E-state index in [0.717, 1.165) is 11.1 Å². The van der Waals surface area contributed by atoms with Crippen LogP contribution in [0.15, 0.2) is 36.4 Å². The van der Waals surface area contributed by atoms with Crippen molar-refractivity contribution in [3.05, 3.63) is 69.8 Å². The summed E-state index contributed by atoms with van der Waals surface area (Å²) in [5.74, 6) is 11.8. The van der Waals surface area contributed by atoms with Crippen molar-refractivity contribution in [1.29, 1.82) is 0 Å². The van der Waals surface area contributed by atoms with Crippen molar-refractivity contribution >= 4 is 0 Å². The molecule has 0 amide bonds. The van der Waals surface area contributed by atoms with Crippen molar-refractivity contribution in [2.24, 2.45) is 0 Å². The third kappa shape index (κ3) is 6.37. The Labute approximate surface area is 154 Å². The summed E-state index contributed by atoms with van der Waals surface area (Å²) in [6.45, 7) is -0.402. The summed E-state index contributed by atoms with van der Waals surface area (Å²) >= 11 is 0. The molecule has 0 unspecified atom stereocenters. The highest BCUT2D eigenvalue weighted by molar-refractivity contribution is 5.43. The van der Waals surface area contributed by atoms with Gasteiger partial charge in [-0.3, -0.25) is 0 Å². The Morgan fingerprint density at radius 3 is 1.12 bits per heavy atom. The molecule has 0 fully saturated rings. The molecule has 2 aromatic carbocycles. The third-order valence-electron chi connectivity index (χ3n) is 3.48. The SMILES string of the molecule is C.OCc1cc(C#CCC#Cc2cc(CO)cc(CO)c2)cc(CO)c1. The second kappa shape index (κ2) is 11.1. The second-order valence-electron chi connectivity index (χ2n) is 5.49. The van der Waals surface area contributed by atoms with Crippen LogP contribution in [0.2, 0.25) is 0 Å². The lowest BCUT2D eigenvalue weighted by Gasteiger charge is -2.02. The molecular weight excluding hydrogens is 328 g/mol. The summed E-state index contributed by atoms with van der Waals surface area (Å²) in [6, 6.07) is 10.6. The van der Waals surface area contributed by atoms with E-state index in [1.54, 1.807) is 36.4 Å². The second-order valence-corrected chi connectivity index (χ2v) is 5.49. The van der Waals surface area contributed by atoms with Crippen LogP contribution in [-0.2, 0) is 26.4 Å². The minimum atomic E-state index is -0.100. The zero-order chi connectivity index (χ0) is 18.1. The van der Waals surface area contributed by atoms with Crippen molar-refractivity contribution in [2.45, 2.75) is 40.3 Å². The van der Waals surface area contributed by atoms with E-state index in [1.807, 2.05) is 0 Å². The van der Waals surface area contributed by atoms with E-state index in [0.29, 0.717) is 28.7 Å². The van der Waals surface area contributed by atoms with Crippen LogP contribution in [0, 0.1) is 23.7 Å². The summed E-state index contributed by atoms with van der Waals surface area (Å²) < 4.78 is 0. The van der Waals surface area contributed by atoms with E-state index < -0.39 is 0 Å². The Bertz CT molecular complexity index is 732. The maximum absolute atomic E-state index is 9.22. The van der Waals surface area contributed by atoms with Gasteiger partial charge in [-0.05, 0) is 46.5 Å². The smallest absolute Gasteiger partial charge is 0.0710 e. The van der Waals surface area contributed by atoms with Crippen LogP contribution in [0.3, 0.4) is 0 Å². The maximum Gasteiger partial charge on any atom is 0.0710 e. The molecule has 0 atom stereocenters. The number of rotatable bonds is 4. The molecule has 2 aromatic rings. The molecule has 0 aromatic heterocycles. The molecule has 4 nitrogen and oxygen atoms in total. The van der Waals surface area contributed by atoms with Crippen molar-refractivity contribution < 1.29 is 20.4 Å². The Kier molecular flexibility index (Phi) is 9.15. The van der Waals surface area contributed by atoms with Crippen LogP contribution in [0.25, 0.3) is 0 Å². The molecule has 0 bridgehead atoms. The highest BCUT2D eigenvalue weighted by Gasteiger charge is 1.99. The highest BCUT2D eigenvalue weighted by atomic mass is 16.3. The topological polar surface area (TPSA) is 80.9 Å². The first-order chi connectivity index (χ1) is 12.2. The van der Waals surface area contributed by atoms with E-state index in [9.17, 15) is 20.4 Å². The third-order valence-corrected chi connectivity index (χ3v) is 3.48. The number of hydrogen-bond acceptors (Lipinski definition) is 4. The van der Waals surface area contributed by atoms with Gasteiger partial charge in [0.2, 0.25) is 0 Å². The Balaban J connectivity index is 0.00000338. The maximum atomic E-state index is 9.22. The molecule has 0 spiro atoms. The van der Waals surface area contributed by atoms with Crippen molar-refractivity contribution in [3.63, 3.8) is 0 Å². The lowest BCUT2D eigenvalue weighted by Crippen LogP contribution is -1.91. The number of hydrogen-bond donors (Lipinski definition) is 4. The lowest BCUT2D eigenvalue weighted by molar-refractivity contribution is 0.275. The van der Waals surface area contributed by atoms with E-state index in [-0.39, 0.29) is 33.9 Å². The van der Waals surface area contributed by atoms with Gasteiger partial charge in [0, 0.05) is 11.1 Å². The van der Waals surface area contributed by atoms with E-state index in [1.165, 1.54) is 0 Å². The van der Waals surface area contributed by atoms with Gasteiger partial charge in [0.1, 0.15) is 0 Å². The molecule has 0 heterocycles. The molecule has 0 radical (unpaired) electrons. The minimum absolute atomic E-state index is 0. The van der Waals surface area contributed by atoms with Crippen molar-refractivity contribution in [3.8, 4) is 23.7 Å². The van der Waals surface area contributed by atoms with Gasteiger partial charge in [0.25, 0.3) is 0 Å². The Morgan fingerprint density at radius 1 is 0.538 bits per heavy atom. The monoisotopic (exact) mass is 352 g/mol. The quantitative estimate of drug-likeness (QED) is 0.635. The van der Waals surface area contributed by atoms with Gasteiger partial charge in [0.05, 0.1) is 32.8 Å². The first-order valence-electron chi connectivity index (χ1n) is 7.85. The largest absolute Gasteiger partial charge is 0.392 e. The molecule has 2 rings (SSSR count). The van der Waals surface area contributed by atoms with Crippen LogP contribution in [-0.4, -0.2) is 20.4 Å². The van der Waals surface area contributed by atoms with Crippen LogP contribution in [0.4, 0.5) is 0 Å². The average Bonchev–Trinajstić information content (AvgIpc) is 2.66. The van der Waals surface area contributed by atoms with E-state index >= 15 is 0 Å². The van der Waals surface area contributed by atoms with Crippen molar-refractivity contribution in [2.75, 3.05) is 0 Å². The summed E-state index contributed by atoms with van der Waals surface area (Å²) in [6.07, 6.45) is 0.357. The molecule has 4 heteroatoms. The van der Waals surface area contributed by atoms with Gasteiger partial charge in [0.15, 0.2) is 0 Å². The highest BCUT2D eigenvalue weighted by Crippen LogP contribution is 2.11. The normalized spacial score (nSPS) is 9.38. The van der Waals surface area contributed by atoms with Gasteiger partial charge in [-0.25, -0.2) is 0 Å². The molecule has 0 saturated heterocycles. The average molecular weight is 352 g/mol. The fourth-order valence-corrected chi connectivity index (χ4v) is 2.37. The predicted octanol–water partition coefficient (Wildman–Crippen LogP) is 2.09. The minimum Gasteiger partial charge on any atom is -0.392 e. The fourth-order valence-electron chi connectivity index (χ4n) is 2.37. The number of benzene rings is 2. The summed E-state index contributed by atoms with van der Waals surface area (Å²) in [7, 11) is 0. The first-order valence-corrected chi connectivity index (χ1v) is 7.85. The zero-order valence-corrected chi connectivity index (χ0v) is 13.8. The Morgan fingerprint density at radius 2 is 0.846 bits per heavy atom. The molecule has 4 N–H and O–H groups in total. The predicted molar refractivity (Wildman–Crippen MR) is 102 cm³/mol. The number of aliphatic hydroxyl groups excluding tert-OH is 4.